The van der Waals surface area contributed by atoms with Crippen molar-refractivity contribution in [3.8, 4) is 0 Å². The van der Waals surface area contributed by atoms with Gasteiger partial charge in [-0.05, 0) is 13.0 Å². The Morgan fingerprint density at radius 3 is 3.32 bits per heavy atom. The molecule has 0 saturated carbocycles. The summed E-state index contributed by atoms with van der Waals surface area (Å²) in [4.78, 5) is 8.93. The summed E-state index contributed by atoms with van der Waals surface area (Å²) in [6, 6.07) is 0. The van der Waals surface area contributed by atoms with E-state index in [1.807, 2.05) is 6.20 Å². The summed E-state index contributed by atoms with van der Waals surface area (Å²) in [5, 5.41) is 10.8. The maximum absolute atomic E-state index is 5.04. The molecule has 1 atom stereocenters. The molecule has 2 aromatic rings. The van der Waals surface area contributed by atoms with Crippen LogP contribution in [0.3, 0.4) is 0 Å². The van der Waals surface area contributed by atoms with E-state index in [0.717, 1.165) is 36.7 Å². The van der Waals surface area contributed by atoms with Gasteiger partial charge in [0.05, 0.1) is 18.5 Å². The standard InChI is InChI=1S/C12H18N6O/c1-19-5-4-14-11-12-15-8-16-18(12)7-10(17-11)9-2-3-13-6-9/h7-9,13H,2-6H2,1H3,(H,14,17)/t9-/m1/s1. The molecule has 0 unspecified atom stereocenters. The zero-order valence-corrected chi connectivity index (χ0v) is 11.0. The summed E-state index contributed by atoms with van der Waals surface area (Å²) >= 11 is 0. The number of nitrogens with one attached hydrogen (secondary N) is 2. The fraction of sp³-hybridized carbons (Fsp3) is 0.583. The monoisotopic (exact) mass is 262 g/mol. The number of hydrogen-bond acceptors (Lipinski definition) is 6. The van der Waals surface area contributed by atoms with Gasteiger partial charge in [0.15, 0.2) is 11.5 Å². The second kappa shape index (κ2) is 5.50. The summed E-state index contributed by atoms with van der Waals surface area (Å²) in [7, 11) is 1.68. The van der Waals surface area contributed by atoms with Crippen molar-refractivity contribution in [2.24, 2.45) is 0 Å². The van der Waals surface area contributed by atoms with Crippen LogP contribution in [-0.2, 0) is 4.74 Å². The zero-order chi connectivity index (χ0) is 13.1. The molecule has 0 aromatic carbocycles. The molecule has 3 rings (SSSR count). The van der Waals surface area contributed by atoms with Crippen LogP contribution in [0.4, 0.5) is 5.82 Å². The molecule has 0 aliphatic carbocycles. The van der Waals surface area contributed by atoms with Crippen LogP contribution < -0.4 is 10.6 Å². The van der Waals surface area contributed by atoms with Gasteiger partial charge in [-0.25, -0.2) is 14.5 Å². The Bertz CT molecular complexity index is 548. The molecular formula is C12H18N6O. The van der Waals surface area contributed by atoms with E-state index in [2.05, 4.69) is 20.7 Å². The summed E-state index contributed by atoms with van der Waals surface area (Å²) in [6.07, 6.45) is 4.64. The largest absolute Gasteiger partial charge is 0.383 e. The highest BCUT2D eigenvalue weighted by atomic mass is 16.5. The van der Waals surface area contributed by atoms with Crippen LogP contribution in [0.1, 0.15) is 18.0 Å². The van der Waals surface area contributed by atoms with Crippen molar-refractivity contribution < 1.29 is 4.74 Å². The molecule has 1 aliphatic heterocycles. The van der Waals surface area contributed by atoms with Gasteiger partial charge in [0.25, 0.3) is 0 Å². The predicted molar refractivity (Wildman–Crippen MR) is 71.4 cm³/mol. The molecule has 1 saturated heterocycles. The number of fused-ring (bicyclic) bond motifs is 1. The number of nitrogens with zero attached hydrogens (tertiary/aromatic N) is 4. The number of anilines is 1. The van der Waals surface area contributed by atoms with Gasteiger partial charge in [-0.2, -0.15) is 5.10 Å². The third-order valence-electron chi connectivity index (χ3n) is 3.36. The Labute approximate surface area is 111 Å². The summed E-state index contributed by atoms with van der Waals surface area (Å²) in [6.45, 7) is 3.37. The number of methoxy groups -OCH3 is 1. The highest BCUT2D eigenvalue weighted by Crippen LogP contribution is 2.23. The number of ether oxygens (including phenoxy) is 1. The molecule has 2 aromatic heterocycles. The van der Waals surface area contributed by atoms with Gasteiger partial charge >= 0.3 is 0 Å². The lowest BCUT2D eigenvalue weighted by Gasteiger charge is -2.12. The Balaban J connectivity index is 1.90. The summed E-state index contributed by atoms with van der Waals surface area (Å²) in [5.74, 6) is 1.23. The normalized spacial score (nSPS) is 19.1. The second-order valence-electron chi connectivity index (χ2n) is 4.65. The van der Waals surface area contributed by atoms with Gasteiger partial charge in [0, 0.05) is 26.1 Å². The minimum Gasteiger partial charge on any atom is -0.383 e. The second-order valence-corrected chi connectivity index (χ2v) is 4.65. The fourth-order valence-electron chi connectivity index (χ4n) is 2.34. The third-order valence-corrected chi connectivity index (χ3v) is 3.36. The average Bonchev–Trinajstić information content (AvgIpc) is 3.09. The summed E-state index contributed by atoms with van der Waals surface area (Å²) in [5.41, 5.74) is 1.81. The molecule has 7 nitrogen and oxygen atoms in total. The van der Waals surface area contributed by atoms with E-state index in [9.17, 15) is 0 Å². The molecule has 0 radical (unpaired) electrons. The van der Waals surface area contributed by atoms with Crippen molar-refractivity contribution in [1.29, 1.82) is 0 Å². The highest BCUT2D eigenvalue weighted by molar-refractivity contribution is 5.62. The lowest BCUT2D eigenvalue weighted by atomic mass is 10.1. The van der Waals surface area contributed by atoms with E-state index < -0.39 is 0 Å². The molecule has 0 spiro atoms. The van der Waals surface area contributed by atoms with Crippen LogP contribution >= 0.6 is 0 Å². The minimum atomic E-state index is 0.455. The van der Waals surface area contributed by atoms with Crippen molar-refractivity contribution >= 4 is 11.5 Å². The number of hydrogen-bond donors (Lipinski definition) is 2. The predicted octanol–water partition coefficient (Wildman–Crippen LogP) is 0.259. The van der Waals surface area contributed by atoms with E-state index >= 15 is 0 Å². The Morgan fingerprint density at radius 2 is 2.53 bits per heavy atom. The first kappa shape index (κ1) is 12.3. The molecule has 19 heavy (non-hydrogen) atoms. The lowest BCUT2D eigenvalue weighted by molar-refractivity contribution is 0.210. The van der Waals surface area contributed by atoms with E-state index in [-0.39, 0.29) is 0 Å². The van der Waals surface area contributed by atoms with Crippen LogP contribution in [0, 0.1) is 0 Å². The van der Waals surface area contributed by atoms with E-state index in [4.69, 9.17) is 9.72 Å². The van der Waals surface area contributed by atoms with Crippen molar-refractivity contribution in [3.05, 3.63) is 18.2 Å². The van der Waals surface area contributed by atoms with Gasteiger partial charge < -0.3 is 15.4 Å². The van der Waals surface area contributed by atoms with Crippen molar-refractivity contribution in [3.63, 3.8) is 0 Å². The molecule has 2 N–H and O–H groups in total. The Kier molecular flexibility index (Phi) is 3.56. The highest BCUT2D eigenvalue weighted by Gasteiger charge is 2.20. The van der Waals surface area contributed by atoms with Crippen molar-refractivity contribution in [1.82, 2.24) is 24.9 Å². The van der Waals surface area contributed by atoms with Crippen LogP contribution in [0.2, 0.25) is 0 Å². The van der Waals surface area contributed by atoms with E-state index in [1.165, 1.54) is 0 Å². The molecule has 1 fully saturated rings. The van der Waals surface area contributed by atoms with Gasteiger partial charge in [-0.1, -0.05) is 0 Å². The lowest BCUT2D eigenvalue weighted by Crippen LogP contribution is -2.14. The maximum atomic E-state index is 5.04. The van der Waals surface area contributed by atoms with Crippen LogP contribution in [0.25, 0.3) is 5.65 Å². The number of aromatic nitrogens is 4. The smallest absolute Gasteiger partial charge is 0.198 e. The van der Waals surface area contributed by atoms with Crippen molar-refractivity contribution in [2.75, 3.05) is 38.7 Å². The zero-order valence-electron chi connectivity index (χ0n) is 11.0. The maximum Gasteiger partial charge on any atom is 0.198 e. The van der Waals surface area contributed by atoms with Crippen LogP contribution in [0.5, 0.6) is 0 Å². The van der Waals surface area contributed by atoms with Gasteiger partial charge in [-0.15, -0.1) is 0 Å². The van der Waals surface area contributed by atoms with Gasteiger partial charge in [0.2, 0.25) is 0 Å². The molecule has 1 aliphatic rings. The van der Waals surface area contributed by atoms with Gasteiger partial charge in [0.1, 0.15) is 6.33 Å². The Morgan fingerprint density at radius 1 is 1.58 bits per heavy atom. The molecule has 102 valence electrons. The third kappa shape index (κ3) is 2.52. The SMILES string of the molecule is COCCNc1nc([C@@H]2CCNC2)cn2ncnc12. The quantitative estimate of drug-likeness (QED) is 0.753. The first-order valence-electron chi connectivity index (χ1n) is 6.52. The molecule has 0 amide bonds. The molecule has 7 heteroatoms. The van der Waals surface area contributed by atoms with Crippen LogP contribution in [0.15, 0.2) is 12.5 Å². The molecular weight excluding hydrogens is 244 g/mol. The van der Waals surface area contributed by atoms with Crippen LogP contribution in [-0.4, -0.2) is 52.9 Å². The topological polar surface area (TPSA) is 76.4 Å². The molecule has 3 heterocycles. The molecule has 0 bridgehead atoms. The summed E-state index contributed by atoms with van der Waals surface area (Å²) < 4.78 is 6.83. The average molecular weight is 262 g/mol. The minimum absolute atomic E-state index is 0.455. The van der Waals surface area contributed by atoms with E-state index in [1.54, 1.807) is 18.0 Å². The Hall–Kier alpha value is -1.73. The van der Waals surface area contributed by atoms with E-state index in [0.29, 0.717) is 19.1 Å². The first-order chi connectivity index (χ1) is 9.38. The number of rotatable bonds is 5. The first-order valence-corrected chi connectivity index (χ1v) is 6.52. The van der Waals surface area contributed by atoms with Gasteiger partial charge in [-0.3, -0.25) is 0 Å². The fourth-order valence-corrected chi connectivity index (χ4v) is 2.34. The van der Waals surface area contributed by atoms with Crippen molar-refractivity contribution in [2.45, 2.75) is 12.3 Å².